The molecule has 0 aliphatic heterocycles. The fourth-order valence-corrected chi connectivity index (χ4v) is 4.12. The van der Waals surface area contributed by atoms with E-state index < -0.39 is 10.0 Å². The summed E-state index contributed by atoms with van der Waals surface area (Å²) in [6, 6.07) is 11.8. The summed E-state index contributed by atoms with van der Waals surface area (Å²) in [6.45, 7) is 0. The van der Waals surface area contributed by atoms with Gasteiger partial charge in [0, 0.05) is 7.05 Å². The summed E-state index contributed by atoms with van der Waals surface area (Å²) < 4.78 is 28.0. The van der Waals surface area contributed by atoms with Gasteiger partial charge in [-0.25, -0.2) is 8.42 Å². The first kappa shape index (κ1) is 16.5. The van der Waals surface area contributed by atoms with E-state index in [0.29, 0.717) is 5.56 Å². The van der Waals surface area contributed by atoms with Gasteiger partial charge in [-0.3, -0.25) is 9.52 Å². The second kappa shape index (κ2) is 6.65. The molecule has 0 aromatic heterocycles. The summed E-state index contributed by atoms with van der Waals surface area (Å²) in [5.41, 5.74) is 2.89. The number of anilines is 1. The fourth-order valence-electron chi connectivity index (χ4n) is 2.99. The summed E-state index contributed by atoms with van der Waals surface area (Å²) in [7, 11) is -2.23. The molecule has 0 unspecified atom stereocenters. The number of nitrogens with one attached hydrogen (secondary N) is 2. The van der Waals surface area contributed by atoms with Crippen molar-refractivity contribution in [2.75, 3.05) is 11.8 Å². The largest absolute Gasteiger partial charge is 0.355 e. The zero-order valence-corrected chi connectivity index (χ0v) is 14.3. The van der Waals surface area contributed by atoms with Crippen LogP contribution >= 0.6 is 0 Å². The number of amides is 1. The Morgan fingerprint density at radius 1 is 1.00 bits per heavy atom. The van der Waals surface area contributed by atoms with Crippen molar-refractivity contribution in [1.29, 1.82) is 0 Å². The highest BCUT2D eigenvalue weighted by molar-refractivity contribution is 7.92. The molecule has 2 aromatic rings. The Morgan fingerprint density at radius 3 is 2.46 bits per heavy atom. The first-order valence-electron chi connectivity index (χ1n) is 7.97. The van der Waals surface area contributed by atoms with Gasteiger partial charge in [-0.15, -0.1) is 0 Å². The number of fused-ring (bicyclic) bond motifs is 1. The maximum absolute atomic E-state index is 12.7. The van der Waals surface area contributed by atoms with Crippen molar-refractivity contribution in [3.05, 3.63) is 59.2 Å². The minimum Gasteiger partial charge on any atom is -0.355 e. The van der Waals surface area contributed by atoms with Crippen LogP contribution in [0.3, 0.4) is 0 Å². The van der Waals surface area contributed by atoms with E-state index in [-0.39, 0.29) is 16.5 Å². The molecule has 3 rings (SSSR count). The second-order valence-corrected chi connectivity index (χ2v) is 7.55. The Morgan fingerprint density at radius 2 is 1.71 bits per heavy atom. The molecule has 126 valence electrons. The third-order valence-corrected chi connectivity index (χ3v) is 5.64. The highest BCUT2D eigenvalue weighted by Gasteiger charge is 2.20. The number of hydrogen-bond donors (Lipinski definition) is 2. The summed E-state index contributed by atoms with van der Waals surface area (Å²) >= 11 is 0. The SMILES string of the molecule is CNC(=O)c1ccccc1NS(=O)(=O)c1ccc2c(c1)CCCC2. The Bertz CT molecular complexity index is 876. The lowest BCUT2D eigenvalue weighted by molar-refractivity contribution is 0.0964. The van der Waals surface area contributed by atoms with Gasteiger partial charge in [0.25, 0.3) is 15.9 Å². The van der Waals surface area contributed by atoms with Crippen LogP contribution in [-0.2, 0) is 22.9 Å². The van der Waals surface area contributed by atoms with E-state index in [2.05, 4.69) is 10.0 Å². The summed E-state index contributed by atoms with van der Waals surface area (Å²) in [4.78, 5) is 12.1. The quantitative estimate of drug-likeness (QED) is 0.895. The van der Waals surface area contributed by atoms with Crippen molar-refractivity contribution in [3.8, 4) is 0 Å². The molecule has 0 atom stereocenters. The lowest BCUT2D eigenvalue weighted by Gasteiger charge is -2.17. The Hall–Kier alpha value is -2.34. The highest BCUT2D eigenvalue weighted by Crippen LogP contribution is 2.26. The topological polar surface area (TPSA) is 75.3 Å². The third kappa shape index (κ3) is 3.28. The zero-order chi connectivity index (χ0) is 17.2. The lowest BCUT2D eigenvalue weighted by Crippen LogP contribution is -2.21. The van der Waals surface area contributed by atoms with Crippen LogP contribution in [0.25, 0.3) is 0 Å². The van der Waals surface area contributed by atoms with Gasteiger partial charge < -0.3 is 5.32 Å². The van der Waals surface area contributed by atoms with Crippen LogP contribution in [0.5, 0.6) is 0 Å². The predicted molar refractivity (Wildman–Crippen MR) is 93.7 cm³/mol. The monoisotopic (exact) mass is 344 g/mol. The van der Waals surface area contributed by atoms with Crippen molar-refractivity contribution < 1.29 is 13.2 Å². The number of benzene rings is 2. The second-order valence-electron chi connectivity index (χ2n) is 5.87. The smallest absolute Gasteiger partial charge is 0.261 e. The van der Waals surface area contributed by atoms with Gasteiger partial charge in [0.15, 0.2) is 0 Å². The molecule has 5 nitrogen and oxygen atoms in total. The molecule has 24 heavy (non-hydrogen) atoms. The van der Waals surface area contributed by atoms with Crippen LogP contribution in [0, 0.1) is 0 Å². The van der Waals surface area contributed by atoms with Crippen molar-refractivity contribution >= 4 is 21.6 Å². The molecule has 0 heterocycles. The van der Waals surface area contributed by atoms with Crippen molar-refractivity contribution in [1.82, 2.24) is 5.32 Å². The molecule has 0 saturated heterocycles. The summed E-state index contributed by atoms with van der Waals surface area (Å²) in [5.74, 6) is -0.334. The molecule has 0 saturated carbocycles. The van der Waals surface area contributed by atoms with Gasteiger partial charge in [0.2, 0.25) is 0 Å². The van der Waals surface area contributed by atoms with Gasteiger partial charge in [0.1, 0.15) is 0 Å². The van der Waals surface area contributed by atoms with Gasteiger partial charge in [-0.05, 0) is 61.1 Å². The van der Waals surface area contributed by atoms with E-state index in [9.17, 15) is 13.2 Å². The first-order valence-corrected chi connectivity index (χ1v) is 9.45. The standard InChI is InChI=1S/C18H20N2O3S/c1-19-18(21)16-8-4-5-9-17(16)20-24(22,23)15-11-10-13-6-2-3-7-14(13)12-15/h4-5,8-12,20H,2-3,6-7H2,1H3,(H,19,21). The zero-order valence-electron chi connectivity index (χ0n) is 13.5. The van der Waals surface area contributed by atoms with Crippen molar-refractivity contribution in [2.45, 2.75) is 30.6 Å². The Labute approximate surface area is 142 Å². The predicted octanol–water partition coefficient (Wildman–Crippen LogP) is 2.73. The molecule has 2 N–H and O–H groups in total. The van der Waals surface area contributed by atoms with Crippen LogP contribution < -0.4 is 10.0 Å². The van der Waals surface area contributed by atoms with E-state index in [1.165, 1.54) is 12.6 Å². The molecular weight excluding hydrogens is 324 g/mol. The van der Waals surface area contributed by atoms with Gasteiger partial charge in [-0.2, -0.15) is 0 Å². The van der Waals surface area contributed by atoms with E-state index in [1.807, 2.05) is 6.07 Å². The normalized spacial score (nSPS) is 13.9. The van der Waals surface area contributed by atoms with Crippen molar-refractivity contribution in [3.63, 3.8) is 0 Å². The minimum absolute atomic E-state index is 0.231. The maximum atomic E-state index is 12.7. The number of rotatable bonds is 4. The number of para-hydroxylation sites is 1. The van der Waals surface area contributed by atoms with Crippen LogP contribution in [0.1, 0.15) is 34.3 Å². The van der Waals surface area contributed by atoms with Gasteiger partial charge in [-0.1, -0.05) is 18.2 Å². The average Bonchev–Trinajstić information content (AvgIpc) is 2.60. The average molecular weight is 344 g/mol. The van der Waals surface area contributed by atoms with E-state index in [1.54, 1.807) is 36.4 Å². The summed E-state index contributed by atoms with van der Waals surface area (Å²) in [6.07, 6.45) is 4.15. The Kier molecular flexibility index (Phi) is 4.57. The molecule has 6 heteroatoms. The van der Waals surface area contributed by atoms with E-state index in [4.69, 9.17) is 0 Å². The molecule has 0 bridgehead atoms. The van der Waals surface area contributed by atoms with Crippen LogP contribution in [0.2, 0.25) is 0 Å². The summed E-state index contributed by atoms with van der Waals surface area (Å²) in [5, 5.41) is 2.51. The van der Waals surface area contributed by atoms with E-state index in [0.717, 1.165) is 31.2 Å². The first-order chi connectivity index (χ1) is 11.5. The maximum Gasteiger partial charge on any atom is 0.261 e. The molecule has 1 amide bonds. The van der Waals surface area contributed by atoms with Gasteiger partial charge in [0.05, 0.1) is 16.1 Å². The number of carbonyl (C=O) groups is 1. The number of carbonyl (C=O) groups excluding carboxylic acids is 1. The van der Waals surface area contributed by atoms with E-state index >= 15 is 0 Å². The molecule has 1 aliphatic rings. The fraction of sp³-hybridized carbons (Fsp3) is 0.278. The van der Waals surface area contributed by atoms with Crippen LogP contribution in [0.15, 0.2) is 47.4 Å². The van der Waals surface area contributed by atoms with Crippen LogP contribution in [-0.4, -0.2) is 21.4 Å². The molecule has 0 fully saturated rings. The molecular formula is C18H20N2O3S. The third-order valence-electron chi connectivity index (χ3n) is 4.27. The van der Waals surface area contributed by atoms with Gasteiger partial charge >= 0.3 is 0 Å². The van der Waals surface area contributed by atoms with Crippen LogP contribution in [0.4, 0.5) is 5.69 Å². The molecule has 1 aliphatic carbocycles. The number of aryl methyl sites for hydroxylation is 2. The molecule has 0 radical (unpaired) electrons. The molecule has 0 spiro atoms. The lowest BCUT2D eigenvalue weighted by atomic mass is 9.92. The highest BCUT2D eigenvalue weighted by atomic mass is 32.2. The van der Waals surface area contributed by atoms with Crippen molar-refractivity contribution in [2.24, 2.45) is 0 Å². The molecule has 2 aromatic carbocycles. The number of hydrogen-bond acceptors (Lipinski definition) is 3. The Balaban J connectivity index is 1.94. The number of sulfonamides is 1. The minimum atomic E-state index is -3.74.